The van der Waals surface area contributed by atoms with Crippen LogP contribution in [0.2, 0.25) is 0 Å². The SMILES string of the molecule is CCOCCCNC(=S)N/N=C(/C)c1nc2ccccc2s1. The molecule has 1 aromatic heterocycles. The van der Waals surface area contributed by atoms with Crippen LogP contribution in [-0.4, -0.2) is 35.6 Å². The van der Waals surface area contributed by atoms with Gasteiger partial charge in [-0.1, -0.05) is 12.1 Å². The summed E-state index contributed by atoms with van der Waals surface area (Å²) in [5.74, 6) is 0. The molecular formula is C15H20N4OS2. The Bertz CT molecular complexity index is 621. The third-order valence-electron chi connectivity index (χ3n) is 2.88. The van der Waals surface area contributed by atoms with Crippen LogP contribution in [0.25, 0.3) is 10.2 Å². The number of hydrogen-bond donors (Lipinski definition) is 2. The van der Waals surface area contributed by atoms with Gasteiger partial charge in [-0.2, -0.15) is 5.10 Å². The molecule has 2 aromatic rings. The van der Waals surface area contributed by atoms with Gasteiger partial charge in [-0.25, -0.2) is 4.98 Å². The molecule has 0 bridgehead atoms. The monoisotopic (exact) mass is 336 g/mol. The van der Waals surface area contributed by atoms with Crippen molar-refractivity contribution >= 4 is 44.6 Å². The van der Waals surface area contributed by atoms with Crippen LogP contribution in [0.1, 0.15) is 25.3 Å². The van der Waals surface area contributed by atoms with Crippen LogP contribution >= 0.6 is 23.6 Å². The van der Waals surface area contributed by atoms with E-state index in [-0.39, 0.29) is 0 Å². The van der Waals surface area contributed by atoms with E-state index in [1.165, 1.54) is 0 Å². The van der Waals surface area contributed by atoms with Crippen molar-refractivity contribution in [2.75, 3.05) is 19.8 Å². The lowest BCUT2D eigenvalue weighted by Crippen LogP contribution is -2.33. The van der Waals surface area contributed by atoms with E-state index in [4.69, 9.17) is 17.0 Å². The lowest BCUT2D eigenvalue weighted by molar-refractivity contribution is 0.145. The van der Waals surface area contributed by atoms with Gasteiger partial charge in [0.15, 0.2) is 5.11 Å². The summed E-state index contributed by atoms with van der Waals surface area (Å²) in [6, 6.07) is 8.05. The van der Waals surface area contributed by atoms with Gasteiger partial charge in [0.05, 0.1) is 15.9 Å². The number of thiazole rings is 1. The number of rotatable bonds is 7. The molecule has 0 radical (unpaired) electrons. The van der Waals surface area contributed by atoms with Crippen molar-refractivity contribution < 1.29 is 4.74 Å². The molecule has 1 heterocycles. The Kier molecular flexibility index (Phi) is 6.70. The smallest absolute Gasteiger partial charge is 0.186 e. The van der Waals surface area contributed by atoms with E-state index in [0.29, 0.717) is 5.11 Å². The fraction of sp³-hybridized carbons (Fsp3) is 0.400. The number of benzene rings is 1. The highest BCUT2D eigenvalue weighted by Gasteiger charge is 2.06. The summed E-state index contributed by atoms with van der Waals surface area (Å²) in [5, 5.41) is 8.78. The third-order valence-corrected chi connectivity index (χ3v) is 4.26. The van der Waals surface area contributed by atoms with Crippen LogP contribution in [0.15, 0.2) is 29.4 Å². The number of nitrogens with zero attached hydrogens (tertiary/aromatic N) is 2. The number of para-hydroxylation sites is 1. The first-order valence-electron chi connectivity index (χ1n) is 7.22. The molecule has 0 amide bonds. The quantitative estimate of drug-likeness (QED) is 0.352. The van der Waals surface area contributed by atoms with Crippen molar-refractivity contribution in [3.8, 4) is 0 Å². The van der Waals surface area contributed by atoms with Gasteiger partial charge >= 0.3 is 0 Å². The number of hydrogen-bond acceptors (Lipinski definition) is 5. The fourth-order valence-electron chi connectivity index (χ4n) is 1.77. The summed E-state index contributed by atoms with van der Waals surface area (Å²) in [5.41, 5.74) is 4.66. The van der Waals surface area contributed by atoms with Crippen molar-refractivity contribution in [3.63, 3.8) is 0 Å². The minimum atomic E-state index is 0.511. The van der Waals surface area contributed by atoms with Gasteiger partial charge in [-0.3, -0.25) is 5.43 Å². The van der Waals surface area contributed by atoms with Crippen LogP contribution in [0, 0.1) is 0 Å². The van der Waals surface area contributed by atoms with Gasteiger partial charge in [0.1, 0.15) is 5.01 Å². The Morgan fingerprint density at radius 2 is 2.23 bits per heavy atom. The zero-order valence-corrected chi connectivity index (χ0v) is 14.4. The molecule has 0 atom stereocenters. The number of ether oxygens (including phenoxy) is 1. The molecule has 0 aliphatic carbocycles. The zero-order valence-electron chi connectivity index (χ0n) is 12.8. The summed E-state index contributed by atoms with van der Waals surface area (Å²) in [4.78, 5) is 4.55. The van der Waals surface area contributed by atoms with E-state index in [0.717, 1.165) is 47.1 Å². The average Bonchev–Trinajstić information content (AvgIpc) is 2.96. The molecule has 118 valence electrons. The number of hydrazone groups is 1. The predicted octanol–water partition coefficient (Wildman–Crippen LogP) is 2.91. The lowest BCUT2D eigenvalue weighted by atomic mass is 10.3. The van der Waals surface area contributed by atoms with Crippen molar-refractivity contribution in [2.45, 2.75) is 20.3 Å². The molecule has 1 aromatic carbocycles. The summed E-state index contributed by atoms with van der Waals surface area (Å²) < 4.78 is 6.42. The third kappa shape index (κ3) is 5.01. The van der Waals surface area contributed by atoms with E-state index in [1.807, 2.05) is 32.0 Å². The molecule has 0 aliphatic rings. The van der Waals surface area contributed by atoms with Gasteiger partial charge < -0.3 is 10.1 Å². The highest BCUT2D eigenvalue weighted by atomic mass is 32.1. The molecule has 2 rings (SSSR count). The number of fused-ring (bicyclic) bond motifs is 1. The maximum absolute atomic E-state index is 5.26. The normalized spacial score (nSPS) is 11.6. The van der Waals surface area contributed by atoms with Crippen molar-refractivity contribution in [1.82, 2.24) is 15.7 Å². The Morgan fingerprint density at radius 1 is 1.41 bits per heavy atom. The summed E-state index contributed by atoms with van der Waals surface area (Å²) in [7, 11) is 0. The predicted molar refractivity (Wildman–Crippen MR) is 96.7 cm³/mol. The Morgan fingerprint density at radius 3 is 3.00 bits per heavy atom. The standard InChI is InChI=1S/C15H20N4OS2/c1-3-20-10-6-9-16-15(21)19-18-11(2)14-17-12-7-4-5-8-13(12)22-14/h4-5,7-8H,3,6,9-10H2,1-2H3,(H2,16,19,21)/b18-11-. The zero-order chi connectivity index (χ0) is 15.8. The van der Waals surface area contributed by atoms with Gasteiger partial charge in [0, 0.05) is 19.8 Å². The fourth-order valence-corrected chi connectivity index (χ4v) is 2.83. The molecule has 0 spiro atoms. The number of thiocarbonyl (C=S) groups is 1. The van der Waals surface area contributed by atoms with Crippen LogP contribution in [0.3, 0.4) is 0 Å². The first-order chi connectivity index (χ1) is 10.7. The largest absolute Gasteiger partial charge is 0.382 e. The molecule has 0 saturated heterocycles. The van der Waals surface area contributed by atoms with Gasteiger partial charge in [0.2, 0.25) is 0 Å². The molecule has 0 saturated carbocycles. The molecule has 0 aliphatic heterocycles. The number of aromatic nitrogens is 1. The van der Waals surface area contributed by atoms with E-state index in [1.54, 1.807) is 11.3 Å². The molecule has 5 nitrogen and oxygen atoms in total. The van der Waals surface area contributed by atoms with Crippen LogP contribution in [0.5, 0.6) is 0 Å². The second-order valence-electron chi connectivity index (χ2n) is 4.60. The molecule has 7 heteroatoms. The topological polar surface area (TPSA) is 58.5 Å². The summed E-state index contributed by atoms with van der Waals surface area (Å²) >= 11 is 6.80. The first kappa shape index (κ1) is 16.8. The molecule has 0 unspecified atom stereocenters. The van der Waals surface area contributed by atoms with E-state index in [9.17, 15) is 0 Å². The first-order valence-corrected chi connectivity index (χ1v) is 8.45. The van der Waals surface area contributed by atoms with Crippen molar-refractivity contribution in [2.24, 2.45) is 5.10 Å². The summed E-state index contributed by atoms with van der Waals surface area (Å²) in [6.45, 7) is 6.15. The molecule has 0 fully saturated rings. The van der Waals surface area contributed by atoms with Gasteiger partial charge in [-0.15, -0.1) is 11.3 Å². The Balaban J connectivity index is 1.82. The van der Waals surface area contributed by atoms with Crippen LogP contribution in [0.4, 0.5) is 0 Å². The minimum Gasteiger partial charge on any atom is -0.382 e. The molecule has 22 heavy (non-hydrogen) atoms. The maximum Gasteiger partial charge on any atom is 0.186 e. The van der Waals surface area contributed by atoms with Crippen LogP contribution in [-0.2, 0) is 4.74 Å². The lowest BCUT2D eigenvalue weighted by Gasteiger charge is -2.07. The van der Waals surface area contributed by atoms with Gasteiger partial charge in [-0.05, 0) is 44.6 Å². The summed E-state index contributed by atoms with van der Waals surface area (Å²) in [6.07, 6.45) is 0.913. The molecule has 2 N–H and O–H groups in total. The number of nitrogens with one attached hydrogen (secondary N) is 2. The molecular weight excluding hydrogens is 316 g/mol. The second kappa shape index (κ2) is 8.77. The Labute approximate surface area is 139 Å². The van der Waals surface area contributed by atoms with E-state index >= 15 is 0 Å². The van der Waals surface area contributed by atoms with Crippen molar-refractivity contribution in [1.29, 1.82) is 0 Å². The van der Waals surface area contributed by atoms with E-state index in [2.05, 4.69) is 26.9 Å². The second-order valence-corrected chi connectivity index (χ2v) is 6.04. The van der Waals surface area contributed by atoms with Gasteiger partial charge in [0.25, 0.3) is 0 Å². The Hall–Kier alpha value is -1.57. The maximum atomic E-state index is 5.26. The van der Waals surface area contributed by atoms with Crippen molar-refractivity contribution in [3.05, 3.63) is 29.3 Å². The average molecular weight is 336 g/mol. The minimum absolute atomic E-state index is 0.511. The highest BCUT2D eigenvalue weighted by molar-refractivity contribution is 7.80. The highest BCUT2D eigenvalue weighted by Crippen LogP contribution is 2.21. The van der Waals surface area contributed by atoms with Crippen LogP contribution < -0.4 is 10.7 Å². The van der Waals surface area contributed by atoms with E-state index < -0.39 is 0 Å².